The van der Waals surface area contributed by atoms with Crippen molar-refractivity contribution in [1.29, 1.82) is 0 Å². The number of methoxy groups -OCH3 is 1. The van der Waals surface area contributed by atoms with Crippen molar-refractivity contribution in [3.63, 3.8) is 0 Å². The lowest BCUT2D eigenvalue weighted by Gasteiger charge is -2.13. The highest BCUT2D eigenvalue weighted by atomic mass is 35.5. The van der Waals surface area contributed by atoms with Crippen LogP contribution in [0.3, 0.4) is 0 Å². The van der Waals surface area contributed by atoms with Crippen molar-refractivity contribution in [2.24, 2.45) is 5.73 Å². The fourth-order valence-corrected chi connectivity index (χ4v) is 4.46. The number of anilines is 3. The van der Waals surface area contributed by atoms with E-state index in [4.69, 9.17) is 36.3 Å². The molecule has 3 aromatic carbocycles. The Labute approximate surface area is 270 Å². The lowest BCUT2D eigenvalue weighted by Crippen LogP contribution is -2.32. The van der Waals surface area contributed by atoms with Crippen LogP contribution in [-0.4, -0.2) is 75.0 Å². The lowest BCUT2D eigenvalue weighted by atomic mass is 10.1. The molecule has 5 N–H and O–H groups in total. The van der Waals surface area contributed by atoms with Crippen molar-refractivity contribution >= 4 is 51.5 Å². The van der Waals surface area contributed by atoms with E-state index < -0.39 is 5.82 Å². The molecular weight excluding hydrogens is 619 g/mol. The van der Waals surface area contributed by atoms with Gasteiger partial charge in [-0.15, -0.1) is 0 Å². The molecule has 0 saturated heterocycles. The van der Waals surface area contributed by atoms with Crippen molar-refractivity contribution in [3.8, 4) is 11.5 Å². The third-order valence-electron chi connectivity index (χ3n) is 6.53. The van der Waals surface area contributed by atoms with E-state index >= 15 is 0 Å². The molecule has 0 saturated carbocycles. The molecule has 0 unspecified atom stereocenters. The summed E-state index contributed by atoms with van der Waals surface area (Å²) in [5.74, 6) is 0.318. The van der Waals surface area contributed by atoms with Crippen molar-refractivity contribution in [1.82, 2.24) is 15.3 Å². The van der Waals surface area contributed by atoms with Crippen LogP contribution in [0.5, 0.6) is 11.5 Å². The molecule has 0 aliphatic rings. The van der Waals surface area contributed by atoms with Crippen molar-refractivity contribution in [2.45, 2.75) is 12.8 Å². The second-order valence-corrected chi connectivity index (χ2v) is 10.3. The number of nitrogens with one attached hydrogen (secondary N) is 3. The van der Waals surface area contributed by atoms with Gasteiger partial charge in [-0.3, -0.25) is 9.59 Å². The normalized spacial score (nSPS) is 10.9. The standard InChI is InChI=1S/C32H36ClFN6O6/c1-43-29-16-21(2-8-28(29)46-19-31(42)36-11-13-45-15-14-44-12-10-35)3-9-30(41)39-22-5-7-27-24(17-22)32(38-20-37-27)40-23-4-6-26(34)25(33)18-23/h2,4-8,16-18,20H,3,9-15,19,35H2,1H3,(H,36,42)(H,39,41)(H,37,38,40). The summed E-state index contributed by atoms with van der Waals surface area (Å²) < 4.78 is 35.2. The highest BCUT2D eigenvalue weighted by Gasteiger charge is 2.12. The molecule has 1 heterocycles. The molecule has 0 radical (unpaired) electrons. The summed E-state index contributed by atoms with van der Waals surface area (Å²) in [6, 6.07) is 14.9. The third kappa shape index (κ3) is 10.5. The Morgan fingerprint density at radius 3 is 2.50 bits per heavy atom. The van der Waals surface area contributed by atoms with Gasteiger partial charge in [0.2, 0.25) is 5.91 Å². The molecule has 4 aromatic rings. The number of aromatic nitrogens is 2. The van der Waals surface area contributed by atoms with Crippen LogP contribution < -0.4 is 31.2 Å². The van der Waals surface area contributed by atoms with Crippen LogP contribution in [0, 0.1) is 5.82 Å². The molecule has 12 nitrogen and oxygen atoms in total. The van der Waals surface area contributed by atoms with Gasteiger partial charge >= 0.3 is 0 Å². The zero-order chi connectivity index (χ0) is 32.7. The molecule has 0 spiro atoms. The van der Waals surface area contributed by atoms with Gasteiger partial charge in [0.05, 0.1) is 44.1 Å². The number of aryl methyl sites for hydroxylation is 1. The van der Waals surface area contributed by atoms with Crippen molar-refractivity contribution in [2.75, 3.05) is 63.9 Å². The van der Waals surface area contributed by atoms with Crippen LogP contribution in [0.1, 0.15) is 12.0 Å². The molecule has 0 aliphatic carbocycles. The number of nitrogens with zero attached hydrogens (tertiary/aromatic N) is 2. The molecule has 1 aromatic heterocycles. The average molecular weight is 655 g/mol. The zero-order valence-corrected chi connectivity index (χ0v) is 26.1. The number of nitrogens with two attached hydrogens (primary N) is 1. The minimum atomic E-state index is -0.521. The highest BCUT2D eigenvalue weighted by molar-refractivity contribution is 6.31. The molecule has 0 aliphatic heterocycles. The van der Waals surface area contributed by atoms with E-state index in [9.17, 15) is 14.0 Å². The van der Waals surface area contributed by atoms with Crippen LogP contribution in [0.2, 0.25) is 5.02 Å². The highest BCUT2D eigenvalue weighted by Crippen LogP contribution is 2.30. The quantitative estimate of drug-likeness (QED) is 0.114. The van der Waals surface area contributed by atoms with E-state index in [0.717, 1.165) is 5.56 Å². The van der Waals surface area contributed by atoms with E-state index in [1.54, 1.807) is 36.4 Å². The maximum Gasteiger partial charge on any atom is 0.258 e. The molecule has 46 heavy (non-hydrogen) atoms. The molecule has 244 valence electrons. The van der Waals surface area contributed by atoms with Crippen LogP contribution in [0.4, 0.5) is 21.6 Å². The maximum absolute atomic E-state index is 13.6. The van der Waals surface area contributed by atoms with Crippen LogP contribution >= 0.6 is 11.6 Å². The molecule has 0 atom stereocenters. The van der Waals surface area contributed by atoms with Gasteiger partial charge in [-0.1, -0.05) is 17.7 Å². The molecule has 0 fully saturated rings. The van der Waals surface area contributed by atoms with Gasteiger partial charge in [0.25, 0.3) is 5.91 Å². The van der Waals surface area contributed by atoms with E-state index in [2.05, 4.69) is 25.9 Å². The predicted octanol–water partition coefficient (Wildman–Crippen LogP) is 4.23. The maximum atomic E-state index is 13.6. The molecule has 14 heteroatoms. The summed E-state index contributed by atoms with van der Waals surface area (Å²) in [6.07, 6.45) is 2.05. The van der Waals surface area contributed by atoms with Gasteiger partial charge in [0, 0.05) is 36.3 Å². The SMILES string of the molecule is COc1cc(CCC(=O)Nc2ccc3ncnc(Nc4ccc(F)c(Cl)c4)c3c2)ccc1OCC(=O)NCCOCCOCCN. The lowest BCUT2D eigenvalue weighted by molar-refractivity contribution is -0.123. The fraction of sp³-hybridized carbons (Fsp3) is 0.312. The monoisotopic (exact) mass is 654 g/mol. The second kappa shape index (κ2) is 17.8. The van der Waals surface area contributed by atoms with Gasteiger partial charge < -0.3 is 40.6 Å². The minimum absolute atomic E-state index is 0.0157. The zero-order valence-electron chi connectivity index (χ0n) is 25.3. The third-order valence-corrected chi connectivity index (χ3v) is 6.82. The number of hydrogen-bond donors (Lipinski definition) is 4. The van der Waals surface area contributed by atoms with Crippen LogP contribution in [0.25, 0.3) is 10.9 Å². The second-order valence-electron chi connectivity index (χ2n) is 9.89. The number of benzene rings is 3. The fourth-order valence-electron chi connectivity index (χ4n) is 4.27. The van der Waals surface area contributed by atoms with Gasteiger partial charge in [0.1, 0.15) is 18.0 Å². The van der Waals surface area contributed by atoms with Gasteiger partial charge in [-0.05, 0) is 60.5 Å². The smallest absolute Gasteiger partial charge is 0.258 e. The van der Waals surface area contributed by atoms with Gasteiger partial charge in [0.15, 0.2) is 18.1 Å². The number of fused-ring (bicyclic) bond motifs is 1. The largest absolute Gasteiger partial charge is 0.493 e. The van der Waals surface area contributed by atoms with Crippen LogP contribution in [-0.2, 0) is 25.5 Å². The molecule has 0 bridgehead atoms. The number of carbonyl (C=O) groups is 2. The van der Waals surface area contributed by atoms with E-state index in [1.165, 1.54) is 25.6 Å². The number of carbonyl (C=O) groups excluding carboxylic acids is 2. The van der Waals surface area contributed by atoms with Gasteiger partial charge in [-0.25, -0.2) is 14.4 Å². The first-order valence-corrected chi connectivity index (χ1v) is 14.9. The first kappa shape index (κ1) is 34.3. The Balaban J connectivity index is 1.25. The van der Waals surface area contributed by atoms with E-state index in [0.29, 0.717) is 85.5 Å². The first-order valence-electron chi connectivity index (χ1n) is 14.5. The van der Waals surface area contributed by atoms with E-state index in [1.807, 2.05) is 6.07 Å². The summed E-state index contributed by atoms with van der Waals surface area (Å²) >= 11 is 5.91. The Morgan fingerprint density at radius 2 is 1.72 bits per heavy atom. The predicted molar refractivity (Wildman–Crippen MR) is 173 cm³/mol. The molecule has 4 rings (SSSR count). The Kier molecular flexibility index (Phi) is 13.3. The summed E-state index contributed by atoms with van der Waals surface area (Å²) in [7, 11) is 1.50. The van der Waals surface area contributed by atoms with Crippen LogP contribution in [0.15, 0.2) is 60.9 Å². The van der Waals surface area contributed by atoms with Gasteiger partial charge in [-0.2, -0.15) is 0 Å². The van der Waals surface area contributed by atoms with E-state index in [-0.39, 0.29) is 29.9 Å². The Hall–Kier alpha value is -4.56. The number of halogens is 2. The Bertz CT molecular complexity index is 1630. The topological polar surface area (TPSA) is 159 Å². The molecular formula is C32H36ClFN6O6. The number of ether oxygens (including phenoxy) is 4. The summed E-state index contributed by atoms with van der Waals surface area (Å²) in [5.41, 5.74) is 7.98. The summed E-state index contributed by atoms with van der Waals surface area (Å²) in [5, 5.41) is 9.39. The summed E-state index contributed by atoms with van der Waals surface area (Å²) in [4.78, 5) is 33.5. The summed E-state index contributed by atoms with van der Waals surface area (Å²) in [6.45, 7) is 2.32. The van der Waals surface area contributed by atoms with Crippen molar-refractivity contribution in [3.05, 3.63) is 77.3 Å². The van der Waals surface area contributed by atoms with Crippen molar-refractivity contribution < 1.29 is 32.9 Å². The number of hydrogen-bond acceptors (Lipinski definition) is 10. The molecule has 2 amide bonds. The Morgan fingerprint density at radius 1 is 0.913 bits per heavy atom. The first-order chi connectivity index (χ1) is 22.4. The average Bonchev–Trinajstić information content (AvgIpc) is 3.06. The number of rotatable bonds is 18. The number of amides is 2. The minimum Gasteiger partial charge on any atom is -0.493 e.